The molecule has 1 aromatic heterocycles. The maximum Gasteiger partial charge on any atom is 0.335 e. The van der Waals surface area contributed by atoms with Gasteiger partial charge in [-0.05, 0) is 30.3 Å². The average molecular weight is 350 g/mol. The maximum absolute atomic E-state index is 12.3. The van der Waals surface area contributed by atoms with Crippen LogP contribution in [0.4, 0.5) is 11.6 Å². The molecule has 0 radical (unpaired) electrons. The molecular weight excluding hydrogens is 332 g/mol. The van der Waals surface area contributed by atoms with E-state index in [9.17, 15) is 9.59 Å². The summed E-state index contributed by atoms with van der Waals surface area (Å²) in [6, 6.07) is 14.6. The van der Waals surface area contributed by atoms with E-state index in [1.807, 2.05) is 23.1 Å². The van der Waals surface area contributed by atoms with Crippen molar-refractivity contribution in [3.05, 3.63) is 64.4 Å². The van der Waals surface area contributed by atoms with Gasteiger partial charge in [-0.1, -0.05) is 18.2 Å². The number of rotatable bonds is 3. The van der Waals surface area contributed by atoms with Crippen LogP contribution in [0, 0.1) is 0 Å². The van der Waals surface area contributed by atoms with Gasteiger partial charge in [0.15, 0.2) is 0 Å². The SMILES string of the molecule is O=C(O)c1ccc2c(=O)[nH]c(N3CCN(c4ccccc4)CC3)nc2c1. The normalized spacial score (nSPS) is 14.6. The molecule has 1 fully saturated rings. The quantitative estimate of drug-likeness (QED) is 0.750. The van der Waals surface area contributed by atoms with Crippen molar-refractivity contribution in [3.63, 3.8) is 0 Å². The van der Waals surface area contributed by atoms with Crippen molar-refractivity contribution in [2.75, 3.05) is 36.0 Å². The highest BCUT2D eigenvalue weighted by Gasteiger charge is 2.20. The second kappa shape index (κ2) is 6.51. The van der Waals surface area contributed by atoms with Crippen molar-refractivity contribution in [1.82, 2.24) is 9.97 Å². The third-order valence-electron chi connectivity index (χ3n) is 4.64. The van der Waals surface area contributed by atoms with E-state index in [4.69, 9.17) is 5.11 Å². The molecule has 7 nitrogen and oxygen atoms in total. The van der Waals surface area contributed by atoms with Crippen molar-refractivity contribution in [2.45, 2.75) is 0 Å². The number of piperazine rings is 1. The number of para-hydroxylation sites is 1. The van der Waals surface area contributed by atoms with Crippen LogP contribution in [0.25, 0.3) is 10.9 Å². The number of carboxylic acids is 1. The number of nitrogens with one attached hydrogen (secondary N) is 1. The molecule has 1 saturated heterocycles. The first kappa shape index (κ1) is 16.1. The van der Waals surface area contributed by atoms with Gasteiger partial charge in [-0.15, -0.1) is 0 Å². The monoisotopic (exact) mass is 350 g/mol. The molecule has 132 valence electrons. The summed E-state index contributed by atoms with van der Waals surface area (Å²) >= 11 is 0. The lowest BCUT2D eigenvalue weighted by Crippen LogP contribution is -2.47. The lowest BCUT2D eigenvalue weighted by Gasteiger charge is -2.36. The summed E-state index contributed by atoms with van der Waals surface area (Å²) in [6.07, 6.45) is 0. The fourth-order valence-corrected chi connectivity index (χ4v) is 3.23. The molecule has 1 aliphatic rings. The van der Waals surface area contributed by atoms with Crippen LogP contribution in [0.3, 0.4) is 0 Å². The highest BCUT2D eigenvalue weighted by atomic mass is 16.4. The number of hydrogen-bond donors (Lipinski definition) is 2. The van der Waals surface area contributed by atoms with E-state index in [0.29, 0.717) is 16.9 Å². The fourth-order valence-electron chi connectivity index (χ4n) is 3.23. The van der Waals surface area contributed by atoms with Gasteiger partial charge in [-0.25, -0.2) is 9.78 Å². The van der Waals surface area contributed by atoms with Gasteiger partial charge < -0.3 is 14.9 Å². The maximum atomic E-state index is 12.3. The highest BCUT2D eigenvalue weighted by Crippen LogP contribution is 2.19. The van der Waals surface area contributed by atoms with Gasteiger partial charge in [0.25, 0.3) is 5.56 Å². The van der Waals surface area contributed by atoms with Gasteiger partial charge in [0, 0.05) is 31.9 Å². The van der Waals surface area contributed by atoms with E-state index in [2.05, 4.69) is 27.0 Å². The van der Waals surface area contributed by atoms with Crippen LogP contribution in [-0.2, 0) is 0 Å². The molecule has 26 heavy (non-hydrogen) atoms. The van der Waals surface area contributed by atoms with Crippen LogP contribution in [0.2, 0.25) is 0 Å². The van der Waals surface area contributed by atoms with Gasteiger partial charge in [-0.3, -0.25) is 9.78 Å². The van der Waals surface area contributed by atoms with Gasteiger partial charge in [0.2, 0.25) is 5.95 Å². The first-order valence-corrected chi connectivity index (χ1v) is 8.44. The zero-order valence-corrected chi connectivity index (χ0v) is 14.1. The number of carbonyl (C=O) groups is 1. The third kappa shape index (κ3) is 2.99. The van der Waals surface area contributed by atoms with Gasteiger partial charge in [-0.2, -0.15) is 0 Å². The smallest absolute Gasteiger partial charge is 0.335 e. The molecule has 0 atom stereocenters. The minimum absolute atomic E-state index is 0.121. The van der Waals surface area contributed by atoms with Crippen LogP contribution in [-0.4, -0.2) is 47.2 Å². The first-order chi connectivity index (χ1) is 12.6. The van der Waals surface area contributed by atoms with Crippen LogP contribution >= 0.6 is 0 Å². The summed E-state index contributed by atoms with van der Waals surface area (Å²) in [6.45, 7) is 3.09. The van der Waals surface area contributed by atoms with E-state index in [-0.39, 0.29) is 11.1 Å². The van der Waals surface area contributed by atoms with Crippen LogP contribution in [0.5, 0.6) is 0 Å². The predicted molar refractivity (Wildman–Crippen MR) is 100 cm³/mol. The Labute approximate surface area is 149 Å². The standard InChI is InChI=1S/C19H18N4O3/c24-17-15-7-6-13(18(25)26)12-16(15)20-19(21-17)23-10-8-22(9-11-23)14-4-2-1-3-5-14/h1-7,12H,8-11H2,(H,25,26)(H,20,21,24). The first-order valence-electron chi connectivity index (χ1n) is 8.44. The van der Waals surface area contributed by atoms with Gasteiger partial charge in [0.05, 0.1) is 16.5 Å². The Balaban J connectivity index is 1.59. The number of fused-ring (bicyclic) bond motifs is 1. The molecular formula is C19H18N4O3. The molecule has 0 bridgehead atoms. The van der Waals surface area contributed by atoms with E-state index in [1.54, 1.807) is 0 Å². The number of nitrogens with zero attached hydrogens (tertiary/aromatic N) is 3. The number of H-pyrrole nitrogens is 1. The molecule has 2 heterocycles. The summed E-state index contributed by atoms with van der Waals surface area (Å²) in [5, 5.41) is 9.53. The van der Waals surface area contributed by atoms with Crippen molar-refractivity contribution >= 4 is 28.5 Å². The lowest BCUT2D eigenvalue weighted by molar-refractivity contribution is 0.0697. The Hall–Kier alpha value is -3.35. The summed E-state index contributed by atoms with van der Waals surface area (Å²) in [7, 11) is 0. The Bertz CT molecular complexity index is 1010. The van der Waals surface area contributed by atoms with Crippen molar-refractivity contribution in [1.29, 1.82) is 0 Å². The predicted octanol–water partition coefficient (Wildman–Crippen LogP) is 1.95. The van der Waals surface area contributed by atoms with E-state index in [0.717, 1.165) is 26.2 Å². The minimum Gasteiger partial charge on any atom is -0.478 e. The van der Waals surface area contributed by atoms with Crippen LogP contribution in [0.15, 0.2) is 53.3 Å². The number of hydrogen-bond acceptors (Lipinski definition) is 5. The number of aromatic nitrogens is 2. The molecule has 4 rings (SSSR count). The number of aromatic amines is 1. The Kier molecular flexibility index (Phi) is 4.04. The zero-order valence-electron chi connectivity index (χ0n) is 14.1. The van der Waals surface area contributed by atoms with Gasteiger partial charge >= 0.3 is 5.97 Å². The molecule has 0 aliphatic carbocycles. The second-order valence-electron chi connectivity index (χ2n) is 6.24. The minimum atomic E-state index is -1.04. The molecule has 0 spiro atoms. The van der Waals surface area contributed by atoms with Crippen molar-refractivity contribution in [2.24, 2.45) is 0 Å². The third-order valence-corrected chi connectivity index (χ3v) is 4.64. The Morgan fingerprint density at radius 3 is 2.38 bits per heavy atom. The lowest BCUT2D eigenvalue weighted by atomic mass is 10.1. The number of carboxylic acid groups (broad SMARTS) is 1. The molecule has 0 saturated carbocycles. The van der Waals surface area contributed by atoms with Crippen molar-refractivity contribution < 1.29 is 9.90 Å². The topological polar surface area (TPSA) is 89.5 Å². The fraction of sp³-hybridized carbons (Fsp3) is 0.211. The Morgan fingerprint density at radius 2 is 1.69 bits per heavy atom. The number of anilines is 2. The summed E-state index contributed by atoms with van der Waals surface area (Å²) in [5.74, 6) is -0.551. The van der Waals surface area contributed by atoms with Crippen LogP contribution < -0.4 is 15.4 Å². The molecule has 2 N–H and O–H groups in total. The van der Waals surface area contributed by atoms with E-state index in [1.165, 1.54) is 23.9 Å². The molecule has 2 aromatic carbocycles. The highest BCUT2D eigenvalue weighted by molar-refractivity contribution is 5.93. The van der Waals surface area contributed by atoms with E-state index >= 15 is 0 Å². The van der Waals surface area contributed by atoms with Crippen molar-refractivity contribution in [3.8, 4) is 0 Å². The zero-order chi connectivity index (χ0) is 18.1. The average Bonchev–Trinajstić information content (AvgIpc) is 2.68. The van der Waals surface area contributed by atoms with E-state index < -0.39 is 5.97 Å². The van der Waals surface area contributed by atoms with Crippen LogP contribution in [0.1, 0.15) is 10.4 Å². The summed E-state index contributed by atoms with van der Waals surface area (Å²) in [5.41, 5.74) is 1.44. The second-order valence-corrected chi connectivity index (χ2v) is 6.24. The molecule has 0 unspecified atom stereocenters. The number of aromatic carboxylic acids is 1. The number of benzene rings is 2. The molecule has 7 heteroatoms. The Morgan fingerprint density at radius 1 is 1.00 bits per heavy atom. The van der Waals surface area contributed by atoms with Gasteiger partial charge in [0.1, 0.15) is 0 Å². The molecule has 3 aromatic rings. The largest absolute Gasteiger partial charge is 0.478 e. The molecule has 0 amide bonds. The molecule has 1 aliphatic heterocycles. The summed E-state index contributed by atoms with van der Waals surface area (Å²) in [4.78, 5) is 35.1. The summed E-state index contributed by atoms with van der Waals surface area (Å²) < 4.78 is 0.